The van der Waals surface area contributed by atoms with Crippen molar-refractivity contribution in [2.75, 3.05) is 14.2 Å². The van der Waals surface area contributed by atoms with Gasteiger partial charge in [-0.1, -0.05) is 11.6 Å². The first-order valence-corrected chi connectivity index (χ1v) is 7.86. The molecule has 1 saturated carbocycles. The second-order valence-electron chi connectivity index (χ2n) is 6.07. The van der Waals surface area contributed by atoms with Crippen molar-refractivity contribution in [1.29, 1.82) is 0 Å². The third kappa shape index (κ3) is 2.58. The van der Waals surface area contributed by atoms with E-state index in [1.165, 1.54) is 5.57 Å². The van der Waals surface area contributed by atoms with Crippen LogP contribution in [-0.4, -0.2) is 31.1 Å². The number of carbonyl (C=O) groups excluding carboxylic acids is 1. The third-order valence-electron chi connectivity index (χ3n) is 4.77. The van der Waals surface area contributed by atoms with Crippen molar-refractivity contribution in [3.8, 4) is 11.5 Å². The van der Waals surface area contributed by atoms with Crippen molar-refractivity contribution in [1.82, 2.24) is 4.90 Å². The van der Waals surface area contributed by atoms with Gasteiger partial charge in [-0.25, -0.2) is 0 Å². The van der Waals surface area contributed by atoms with E-state index in [1.807, 2.05) is 23.1 Å². The Kier molecular flexibility index (Phi) is 4.10. The Labute approximate surface area is 131 Å². The fourth-order valence-corrected chi connectivity index (χ4v) is 3.54. The van der Waals surface area contributed by atoms with Crippen LogP contribution in [0.4, 0.5) is 0 Å². The van der Waals surface area contributed by atoms with E-state index < -0.39 is 0 Å². The molecule has 1 amide bonds. The van der Waals surface area contributed by atoms with Crippen molar-refractivity contribution in [2.24, 2.45) is 5.92 Å². The Balaban J connectivity index is 1.85. The highest BCUT2D eigenvalue weighted by Gasteiger charge is 2.37. The molecule has 4 nitrogen and oxygen atoms in total. The van der Waals surface area contributed by atoms with Gasteiger partial charge in [0.05, 0.1) is 20.1 Å². The van der Waals surface area contributed by atoms with Crippen LogP contribution in [0.5, 0.6) is 11.5 Å². The highest BCUT2D eigenvalue weighted by atomic mass is 16.5. The smallest absolute Gasteiger partial charge is 0.230 e. The summed E-state index contributed by atoms with van der Waals surface area (Å²) >= 11 is 0. The lowest BCUT2D eigenvalue weighted by molar-refractivity contribution is -0.136. The van der Waals surface area contributed by atoms with Crippen LogP contribution < -0.4 is 9.47 Å². The number of methoxy groups -OCH3 is 2. The van der Waals surface area contributed by atoms with E-state index in [2.05, 4.69) is 13.0 Å². The molecule has 1 fully saturated rings. The zero-order valence-electron chi connectivity index (χ0n) is 13.5. The molecule has 3 rings (SSSR count). The summed E-state index contributed by atoms with van der Waals surface area (Å²) in [6, 6.07) is 5.90. The zero-order chi connectivity index (χ0) is 15.7. The van der Waals surface area contributed by atoms with Gasteiger partial charge < -0.3 is 14.4 Å². The molecule has 2 atom stereocenters. The molecule has 1 aliphatic heterocycles. The van der Waals surface area contributed by atoms with Gasteiger partial charge in [0.15, 0.2) is 0 Å². The standard InChI is InChI=1S/C18H23NO3/c1-12-9-13-5-4-6-16(13)18(20)19(12)11-14-7-8-15(21-2)10-17(14)22-3/h7-10,12,16H,4-6,11H2,1-3H3/t12-,16+/m0/s1. The van der Waals surface area contributed by atoms with Crippen molar-refractivity contribution < 1.29 is 14.3 Å². The van der Waals surface area contributed by atoms with Gasteiger partial charge in [0, 0.05) is 24.2 Å². The first-order chi connectivity index (χ1) is 10.6. The Hall–Kier alpha value is -1.97. The minimum Gasteiger partial charge on any atom is -0.497 e. The number of fused-ring (bicyclic) bond motifs is 1. The van der Waals surface area contributed by atoms with Crippen LogP contribution in [0.1, 0.15) is 31.7 Å². The van der Waals surface area contributed by atoms with Gasteiger partial charge >= 0.3 is 0 Å². The summed E-state index contributed by atoms with van der Waals surface area (Å²) in [5.41, 5.74) is 2.36. The number of carbonyl (C=O) groups is 1. The molecule has 0 radical (unpaired) electrons. The number of benzene rings is 1. The van der Waals surface area contributed by atoms with E-state index in [-0.39, 0.29) is 17.9 Å². The van der Waals surface area contributed by atoms with Crippen molar-refractivity contribution >= 4 is 5.91 Å². The third-order valence-corrected chi connectivity index (χ3v) is 4.77. The quantitative estimate of drug-likeness (QED) is 0.802. The molecule has 118 valence electrons. The Morgan fingerprint density at radius 1 is 1.27 bits per heavy atom. The predicted molar refractivity (Wildman–Crippen MR) is 85.0 cm³/mol. The summed E-state index contributed by atoms with van der Waals surface area (Å²) in [4.78, 5) is 14.7. The normalized spacial score (nSPS) is 24.0. The van der Waals surface area contributed by atoms with Crippen LogP contribution in [0.2, 0.25) is 0 Å². The van der Waals surface area contributed by atoms with Gasteiger partial charge in [-0.05, 0) is 38.3 Å². The number of hydrogen-bond donors (Lipinski definition) is 0. The zero-order valence-corrected chi connectivity index (χ0v) is 13.5. The average molecular weight is 301 g/mol. The number of ether oxygens (including phenoxy) is 2. The minimum atomic E-state index is 0.112. The summed E-state index contributed by atoms with van der Waals surface area (Å²) in [7, 11) is 3.28. The molecule has 1 aromatic carbocycles. The van der Waals surface area contributed by atoms with Crippen LogP contribution in [-0.2, 0) is 11.3 Å². The average Bonchev–Trinajstić information content (AvgIpc) is 2.99. The van der Waals surface area contributed by atoms with Crippen molar-refractivity contribution in [2.45, 2.75) is 38.8 Å². The van der Waals surface area contributed by atoms with Crippen LogP contribution >= 0.6 is 0 Å². The highest BCUT2D eigenvalue weighted by molar-refractivity contribution is 5.84. The molecule has 1 aliphatic carbocycles. The summed E-state index contributed by atoms with van der Waals surface area (Å²) in [6.45, 7) is 2.67. The topological polar surface area (TPSA) is 38.8 Å². The van der Waals surface area contributed by atoms with Crippen LogP contribution in [0.3, 0.4) is 0 Å². The van der Waals surface area contributed by atoms with Crippen LogP contribution in [0.15, 0.2) is 29.8 Å². The fourth-order valence-electron chi connectivity index (χ4n) is 3.54. The number of rotatable bonds is 4. The van der Waals surface area contributed by atoms with Crippen LogP contribution in [0, 0.1) is 5.92 Å². The lowest BCUT2D eigenvalue weighted by atomic mass is 9.93. The molecule has 0 aromatic heterocycles. The summed E-state index contributed by atoms with van der Waals surface area (Å²) in [5.74, 6) is 1.90. The van der Waals surface area contributed by atoms with E-state index in [1.54, 1.807) is 14.2 Å². The molecule has 0 N–H and O–H groups in total. The molecule has 2 aliphatic rings. The van der Waals surface area contributed by atoms with E-state index in [0.29, 0.717) is 6.54 Å². The maximum atomic E-state index is 12.8. The summed E-state index contributed by atoms with van der Waals surface area (Å²) in [5, 5.41) is 0. The maximum absolute atomic E-state index is 12.8. The largest absolute Gasteiger partial charge is 0.497 e. The molecule has 1 aromatic rings. The fraction of sp³-hybridized carbons (Fsp3) is 0.500. The molecule has 4 heteroatoms. The van der Waals surface area contributed by atoms with E-state index in [9.17, 15) is 4.79 Å². The maximum Gasteiger partial charge on any atom is 0.230 e. The molecule has 0 saturated heterocycles. The molecule has 1 heterocycles. The monoisotopic (exact) mass is 301 g/mol. The molecular weight excluding hydrogens is 278 g/mol. The van der Waals surface area contributed by atoms with Gasteiger partial charge in [-0.3, -0.25) is 4.79 Å². The van der Waals surface area contributed by atoms with Gasteiger partial charge in [-0.2, -0.15) is 0 Å². The first-order valence-electron chi connectivity index (χ1n) is 7.86. The lowest BCUT2D eigenvalue weighted by Crippen LogP contribution is -2.44. The summed E-state index contributed by atoms with van der Waals surface area (Å²) in [6.07, 6.45) is 5.48. The van der Waals surface area contributed by atoms with Crippen molar-refractivity contribution in [3.63, 3.8) is 0 Å². The van der Waals surface area contributed by atoms with Gasteiger partial charge in [0.25, 0.3) is 0 Å². The van der Waals surface area contributed by atoms with Gasteiger partial charge in [0.1, 0.15) is 11.5 Å². The van der Waals surface area contributed by atoms with Gasteiger partial charge in [-0.15, -0.1) is 0 Å². The van der Waals surface area contributed by atoms with Gasteiger partial charge in [0.2, 0.25) is 5.91 Å². The number of nitrogens with zero attached hydrogens (tertiary/aromatic N) is 1. The number of amides is 1. The lowest BCUT2D eigenvalue weighted by Gasteiger charge is -2.35. The Bertz CT molecular complexity index is 608. The minimum absolute atomic E-state index is 0.112. The molecule has 22 heavy (non-hydrogen) atoms. The molecule has 0 unspecified atom stereocenters. The Morgan fingerprint density at radius 2 is 2.09 bits per heavy atom. The molecule has 0 bridgehead atoms. The molecule has 0 spiro atoms. The molecular formula is C18H23NO3. The van der Waals surface area contributed by atoms with E-state index in [0.717, 1.165) is 36.3 Å². The SMILES string of the molecule is COc1ccc(CN2C(=O)[C@@H]3CCCC3=C[C@@H]2C)c(OC)c1. The predicted octanol–water partition coefficient (Wildman–Crippen LogP) is 3.16. The second kappa shape index (κ2) is 6.03. The van der Waals surface area contributed by atoms with Crippen LogP contribution in [0.25, 0.3) is 0 Å². The second-order valence-corrected chi connectivity index (χ2v) is 6.07. The van der Waals surface area contributed by atoms with Crippen molar-refractivity contribution in [3.05, 3.63) is 35.4 Å². The van der Waals surface area contributed by atoms with E-state index >= 15 is 0 Å². The number of hydrogen-bond acceptors (Lipinski definition) is 3. The summed E-state index contributed by atoms with van der Waals surface area (Å²) < 4.78 is 10.7. The van der Waals surface area contributed by atoms with E-state index in [4.69, 9.17) is 9.47 Å². The first kappa shape index (κ1) is 14.9. The Morgan fingerprint density at radius 3 is 2.82 bits per heavy atom. The highest BCUT2D eigenvalue weighted by Crippen LogP contribution is 2.38.